The van der Waals surface area contributed by atoms with E-state index >= 15 is 0 Å². The van der Waals surface area contributed by atoms with Crippen LogP contribution in [0.4, 0.5) is 10.5 Å². The third-order valence-electron chi connectivity index (χ3n) is 4.63. The van der Waals surface area contributed by atoms with E-state index in [1.807, 2.05) is 4.72 Å². The number of thiophene rings is 1. The molecule has 0 radical (unpaired) electrons. The number of sulfonamides is 1. The van der Waals surface area contributed by atoms with Crippen LogP contribution in [0.3, 0.4) is 0 Å². The lowest BCUT2D eigenvalue weighted by Gasteiger charge is -2.14. The molecule has 188 valence electrons. The van der Waals surface area contributed by atoms with Crippen molar-refractivity contribution in [3.63, 3.8) is 0 Å². The van der Waals surface area contributed by atoms with E-state index in [2.05, 4.69) is 14.6 Å². The lowest BCUT2D eigenvalue weighted by Crippen LogP contribution is -2.33. The van der Waals surface area contributed by atoms with E-state index in [9.17, 15) is 23.1 Å². The van der Waals surface area contributed by atoms with Gasteiger partial charge in [-0.3, -0.25) is 4.79 Å². The number of aromatic nitrogens is 1. The third-order valence-corrected chi connectivity index (χ3v) is 8.58. The number of hydrogen-bond donors (Lipinski definition) is 4. The van der Waals surface area contributed by atoms with E-state index in [4.69, 9.17) is 29.1 Å². The normalized spacial score (nSPS) is 11.5. The van der Waals surface area contributed by atoms with Gasteiger partial charge in [-0.25, -0.2) is 22.5 Å². The van der Waals surface area contributed by atoms with Crippen molar-refractivity contribution in [1.29, 1.82) is 0 Å². The van der Waals surface area contributed by atoms with Gasteiger partial charge >= 0.3 is 6.03 Å². The Hall–Kier alpha value is -2.82. The monoisotopic (exact) mass is 588 g/mol. The fourth-order valence-electron chi connectivity index (χ4n) is 3.16. The molecule has 16 heteroatoms. The van der Waals surface area contributed by atoms with Crippen LogP contribution in [-0.4, -0.2) is 24.1 Å². The summed E-state index contributed by atoms with van der Waals surface area (Å²) in [6.45, 7) is 0. The van der Waals surface area contributed by atoms with E-state index in [-0.39, 0.29) is 24.9 Å². The van der Waals surface area contributed by atoms with Gasteiger partial charge in [0, 0.05) is 22.0 Å². The second-order valence-electron chi connectivity index (χ2n) is 6.92. The van der Waals surface area contributed by atoms with Crippen LogP contribution in [0.25, 0.3) is 16.5 Å². The maximum absolute atomic E-state index is 12.7. The van der Waals surface area contributed by atoms with Crippen molar-refractivity contribution in [1.82, 2.24) is 9.29 Å². The molecule has 0 aliphatic heterocycles. The van der Waals surface area contributed by atoms with Crippen LogP contribution >= 0.6 is 46.6 Å². The first-order chi connectivity index (χ1) is 17.1. The van der Waals surface area contributed by atoms with Crippen molar-refractivity contribution in [3.05, 3.63) is 74.3 Å². The van der Waals surface area contributed by atoms with E-state index < -0.39 is 27.5 Å². The Bertz CT molecular complexity index is 1640. The number of carbonyl (C=O) groups excluding carboxylic acids is 1. The van der Waals surface area contributed by atoms with Crippen LogP contribution in [0.1, 0.15) is 0 Å². The summed E-state index contributed by atoms with van der Waals surface area (Å²) in [5.41, 5.74) is -0.318. The average molecular weight is 589 g/mol. The first-order valence-electron chi connectivity index (χ1n) is 9.57. The Labute approximate surface area is 221 Å². The van der Waals surface area contributed by atoms with Crippen LogP contribution in [0.15, 0.2) is 68.5 Å². The van der Waals surface area contributed by atoms with Crippen molar-refractivity contribution in [3.8, 4) is 11.6 Å². The highest BCUT2D eigenvalue weighted by molar-refractivity contribution is 7.94. The Kier molecular flexibility index (Phi) is 7.77. The SMILES string of the molecule is NOOSc1ccc2cc(=O)n(-c3ccc(NC(=O)NS(=O)(=O)c4ccc(Cl)s4)cc3Cl)c(O)c2c1. The molecule has 0 saturated heterocycles. The molecule has 2 amide bonds. The molecule has 2 aromatic heterocycles. The molecule has 0 bridgehead atoms. The molecule has 0 aliphatic rings. The van der Waals surface area contributed by atoms with Crippen LogP contribution < -0.4 is 21.5 Å². The van der Waals surface area contributed by atoms with Gasteiger partial charge in [0.2, 0.25) is 5.88 Å². The molecule has 11 nitrogen and oxygen atoms in total. The van der Waals surface area contributed by atoms with Crippen LogP contribution in [0, 0.1) is 0 Å². The van der Waals surface area contributed by atoms with Gasteiger partial charge in [-0.2, -0.15) is 5.90 Å². The van der Waals surface area contributed by atoms with Crippen molar-refractivity contribution in [2.75, 3.05) is 5.32 Å². The smallest absolute Gasteiger partial charge is 0.333 e. The number of rotatable bonds is 7. The van der Waals surface area contributed by atoms with Gasteiger partial charge in [0.1, 0.15) is 4.21 Å². The van der Waals surface area contributed by atoms with Gasteiger partial charge in [-0.15, -0.1) is 20.7 Å². The molecule has 4 aromatic rings. The zero-order chi connectivity index (χ0) is 26.0. The minimum Gasteiger partial charge on any atom is -0.494 e. The molecule has 0 unspecified atom stereocenters. The van der Waals surface area contributed by atoms with Gasteiger partial charge in [-0.05, 0) is 47.9 Å². The molecule has 2 heterocycles. The van der Waals surface area contributed by atoms with Gasteiger partial charge < -0.3 is 10.4 Å². The fraction of sp³-hybridized carbons (Fsp3) is 0. The zero-order valence-electron chi connectivity index (χ0n) is 17.6. The number of urea groups is 1. The third kappa shape index (κ3) is 5.61. The number of pyridine rings is 1. The highest BCUT2D eigenvalue weighted by atomic mass is 35.5. The van der Waals surface area contributed by atoms with Gasteiger partial charge in [0.15, 0.2) is 0 Å². The summed E-state index contributed by atoms with van der Waals surface area (Å²) in [6, 6.07) is 11.8. The largest absolute Gasteiger partial charge is 0.494 e. The van der Waals surface area contributed by atoms with Gasteiger partial charge in [0.05, 0.1) is 27.1 Å². The molecular weight excluding hydrogens is 575 g/mol. The Morgan fingerprint density at radius 3 is 2.56 bits per heavy atom. The number of nitrogens with zero attached hydrogens (tertiary/aromatic N) is 1. The van der Waals surface area contributed by atoms with E-state index in [1.54, 1.807) is 18.2 Å². The molecule has 0 spiro atoms. The molecular formula is C20H14Cl2N4O7S3. The number of hydrogen-bond acceptors (Lipinski definition) is 10. The van der Waals surface area contributed by atoms with Crippen molar-refractivity contribution >= 4 is 79.1 Å². The minimum atomic E-state index is -4.13. The van der Waals surface area contributed by atoms with Crippen molar-refractivity contribution in [2.24, 2.45) is 5.90 Å². The molecule has 0 saturated carbocycles. The Morgan fingerprint density at radius 2 is 1.89 bits per heavy atom. The maximum atomic E-state index is 12.7. The summed E-state index contributed by atoms with van der Waals surface area (Å²) in [6.07, 6.45) is 0. The van der Waals surface area contributed by atoms with Crippen LogP contribution in [0.5, 0.6) is 5.88 Å². The van der Waals surface area contributed by atoms with E-state index in [0.29, 0.717) is 15.7 Å². The van der Waals surface area contributed by atoms with E-state index in [0.717, 1.165) is 27.9 Å². The van der Waals surface area contributed by atoms with Crippen LogP contribution in [0.2, 0.25) is 9.36 Å². The number of benzene rings is 2. The quantitative estimate of drug-likeness (QED) is 0.139. The fourth-order valence-corrected chi connectivity index (χ4v) is 6.22. The van der Waals surface area contributed by atoms with Gasteiger partial charge in [-0.1, -0.05) is 29.3 Å². The standard InChI is InChI=1S/C20H14Cl2N4O7S3/c21-14-8-11(24-20(29)25-36(30,31)18-6-5-16(22)34-18)2-4-15(14)26-17(27)7-10-1-3-12(35-33-32-23)9-13(10)19(26)28/h1-9,28H,23H2,(H2,24,25,29). The lowest BCUT2D eigenvalue weighted by molar-refractivity contribution is -0.195. The highest BCUT2D eigenvalue weighted by Crippen LogP contribution is 2.33. The van der Waals surface area contributed by atoms with Crippen LogP contribution in [-0.2, 0) is 19.3 Å². The summed E-state index contributed by atoms with van der Waals surface area (Å²) in [7, 11) is -4.13. The lowest BCUT2D eigenvalue weighted by atomic mass is 10.1. The topological polar surface area (TPSA) is 162 Å². The maximum Gasteiger partial charge on any atom is 0.333 e. The summed E-state index contributed by atoms with van der Waals surface area (Å²) < 4.78 is 32.1. The van der Waals surface area contributed by atoms with E-state index in [1.165, 1.54) is 36.4 Å². The van der Waals surface area contributed by atoms with Crippen molar-refractivity contribution < 1.29 is 27.6 Å². The molecule has 36 heavy (non-hydrogen) atoms. The zero-order valence-corrected chi connectivity index (χ0v) is 21.6. The number of fused-ring (bicyclic) bond motifs is 1. The number of halogens is 2. The Morgan fingerprint density at radius 1 is 1.11 bits per heavy atom. The molecule has 4 rings (SSSR count). The Balaban J connectivity index is 1.61. The predicted molar refractivity (Wildman–Crippen MR) is 137 cm³/mol. The predicted octanol–water partition coefficient (Wildman–Crippen LogP) is 4.40. The molecule has 5 N–H and O–H groups in total. The first kappa shape index (κ1) is 26.2. The summed E-state index contributed by atoms with van der Waals surface area (Å²) in [5.74, 6) is 4.44. The second kappa shape index (κ2) is 10.7. The summed E-state index contributed by atoms with van der Waals surface area (Å²) >= 11 is 13.7. The first-order valence-corrected chi connectivity index (χ1v) is 13.4. The number of anilines is 1. The number of amides is 2. The summed E-state index contributed by atoms with van der Waals surface area (Å²) in [4.78, 5) is 29.6. The molecule has 2 aromatic carbocycles. The molecule has 0 aliphatic carbocycles. The number of aromatic hydroxyl groups is 1. The second-order valence-corrected chi connectivity index (χ2v) is 11.7. The highest BCUT2D eigenvalue weighted by Gasteiger charge is 2.20. The molecule has 0 atom stereocenters. The molecule has 0 fully saturated rings. The number of nitrogens with two attached hydrogens (primary N) is 1. The van der Waals surface area contributed by atoms with Gasteiger partial charge in [0.25, 0.3) is 15.6 Å². The number of nitrogens with one attached hydrogen (secondary N) is 2. The van der Waals surface area contributed by atoms with Crippen molar-refractivity contribution in [2.45, 2.75) is 9.10 Å². The average Bonchev–Trinajstić information content (AvgIpc) is 3.26. The minimum absolute atomic E-state index is 0.0113. The summed E-state index contributed by atoms with van der Waals surface area (Å²) in [5, 5.41) is 14.0. The number of carbonyl (C=O) groups is 1.